The molecule has 0 saturated carbocycles. The number of primary amides is 1. The number of hydrogen-bond donors (Lipinski definition) is 1. The maximum atomic E-state index is 11.7. The van der Waals surface area contributed by atoms with E-state index >= 15 is 0 Å². The Hall–Kier alpha value is -2.42. The second-order valence-corrected chi connectivity index (χ2v) is 3.74. The number of rotatable bonds is 2. The molecule has 1 aromatic rings. The zero-order valence-electron chi connectivity index (χ0n) is 8.96. The molecule has 1 saturated heterocycles. The number of pyridine rings is 1. The minimum atomic E-state index is -0.663. The van der Waals surface area contributed by atoms with Gasteiger partial charge in [0.2, 0.25) is 11.8 Å². The van der Waals surface area contributed by atoms with Crippen LogP contribution in [0.2, 0.25) is 0 Å². The van der Waals surface area contributed by atoms with Crippen molar-refractivity contribution >= 4 is 17.6 Å². The number of anilines is 1. The fourth-order valence-corrected chi connectivity index (χ4v) is 1.86. The summed E-state index contributed by atoms with van der Waals surface area (Å²) in [5, 5.41) is 8.77. The molecule has 86 valence electrons. The SMILES string of the molecule is N#Cc1ccnc(N2C(=O)CCC2C(N)=O)c1. The number of nitrogens with zero attached hydrogens (tertiary/aromatic N) is 3. The first-order valence-electron chi connectivity index (χ1n) is 5.11. The predicted molar refractivity (Wildman–Crippen MR) is 58.7 cm³/mol. The number of amides is 2. The summed E-state index contributed by atoms with van der Waals surface area (Å²) in [6.45, 7) is 0. The molecule has 0 bridgehead atoms. The average Bonchev–Trinajstić information content (AvgIpc) is 2.71. The van der Waals surface area contributed by atoms with Crippen LogP contribution in [0.5, 0.6) is 0 Å². The van der Waals surface area contributed by atoms with Crippen LogP contribution in [0.25, 0.3) is 0 Å². The fourth-order valence-electron chi connectivity index (χ4n) is 1.86. The molecule has 1 aliphatic heterocycles. The van der Waals surface area contributed by atoms with Crippen LogP contribution < -0.4 is 10.6 Å². The summed E-state index contributed by atoms with van der Waals surface area (Å²) in [5.74, 6) is -0.452. The van der Waals surface area contributed by atoms with E-state index in [4.69, 9.17) is 11.0 Å². The van der Waals surface area contributed by atoms with Crippen molar-refractivity contribution in [3.63, 3.8) is 0 Å². The van der Waals surface area contributed by atoms with Crippen LogP contribution in [0, 0.1) is 11.3 Å². The van der Waals surface area contributed by atoms with Crippen molar-refractivity contribution in [2.75, 3.05) is 4.90 Å². The maximum absolute atomic E-state index is 11.7. The van der Waals surface area contributed by atoms with Gasteiger partial charge in [0.05, 0.1) is 11.6 Å². The van der Waals surface area contributed by atoms with Gasteiger partial charge in [-0.1, -0.05) is 0 Å². The summed E-state index contributed by atoms with van der Waals surface area (Å²) in [4.78, 5) is 28.2. The number of nitrogens with two attached hydrogens (primary N) is 1. The Balaban J connectivity index is 2.40. The lowest BCUT2D eigenvalue weighted by atomic mass is 10.2. The predicted octanol–water partition coefficient (Wildman–Crippen LogP) is -0.0660. The lowest BCUT2D eigenvalue weighted by molar-refractivity contribution is -0.121. The number of nitriles is 1. The van der Waals surface area contributed by atoms with Gasteiger partial charge in [0.25, 0.3) is 0 Å². The highest BCUT2D eigenvalue weighted by Crippen LogP contribution is 2.25. The van der Waals surface area contributed by atoms with E-state index < -0.39 is 11.9 Å². The molecular formula is C11H10N4O2. The van der Waals surface area contributed by atoms with Crippen LogP contribution in [0.15, 0.2) is 18.3 Å². The monoisotopic (exact) mass is 230 g/mol. The Kier molecular flexibility index (Phi) is 2.75. The van der Waals surface area contributed by atoms with E-state index in [-0.39, 0.29) is 12.3 Å². The van der Waals surface area contributed by atoms with Crippen LogP contribution in [0.1, 0.15) is 18.4 Å². The van der Waals surface area contributed by atoms with E-state index in [2.05, 4.69) is 4.98 Å². The van der Waals surface area contributed by atoms with Crippen molar-refractivity contribution < 1.29 is 9.59 Å². The first-order chi connectivity index (χ1) is 8.13. The van der Waals surface area contributed by atoms with Crippen LogP contribution >= 0.6 is 0 Å². The van der Waals surface area contributed by atoms with E-state index in [0.717, 1.165) is 0 Å². The highest BCUT2D eigenvalue weighted by Gasteiger charge is 2.36. The van der Waals surface area contributed by atoms with Crippen molar-refractivity contribution in [1.29, 1.82) is 5.26 Å². The summed E-state index contributed by atoms with van der Waals surface area (Å²) in [7, 11) is 0. The molecule has 0 aliphatic carbocycles. The highest BCUT2D eigenvalue weighted by molar-refractivity contribution is 6.02. The summed E-state index contributed by atoms with van der Waals surface area (Å²) in [6.07, 6.45) is 2.09. The Labute approximate surface area is 97.7 Å². The molecule has 1 unspecified atom stereocenters. The zero-order valence-corrected chi connectivity index (χ0v) is 8.96. The Morgan fingerprint density at radius 1 is 1.65 bits per heavy atom. The molecule has 2 amide bonds. The molecule has 2 heterocycles. The third-order valence-electron chi connectivity index (χ3n) is 2.66. The topological polar surface area (TPSA) is 100 Å². The molecule has 0 radical (unpaired) electrons. The molecule has 0 aromatic carbocycles. The minimum absolute atomic E-state index is 0.198. The second kappa shape index (κ2) is 4.22. The van der Waals surface area contributed by atoms with Gasteiger partial charge < -0.3 is 5.73 Å². The highest BCUT2D eigenvalue weighted by atomic mass is 16.2. The third-order valence-corrected chi connectivity index (χ3v) is 2.66. The molecule has 1 aliphatic rings. The number of carbonyl (C=O) groups is 2. The van der Waals surface area contributed by atoms with Crippen LogP contribution in [0.3, 0.4) is 0 Å². The molecule has 0 spiro atoms. The summed E-state index contributed by atoms with van der Waals surface area (Å²) in [5.41, 5.74) is 5.62. The summed E-state index contributed by atoms with van der Waals surface area (Å²) < 4.78 is 0. The van der Waals surface area contributed by atoms with Crippen LogP contribution in [0.4, 0.5) is 5.82 Å². The lowest BCUT2D eigenvalue weighted by Gasteiger charge is -2.21. The van der Waals surface area contributed by atoms with Gasteiger partial charge in [0, 0.05) is 12.6 Å². The quantitative estimate of drug-likeness (QED) is 0.768. The van der Waals surface area contributed by atoms with E-state index in [1.807, 2.05) is 6.07 Å². The molecule has 6 heteroatoms. The van der Waals surface area contributed by atoms with Crippen molar-refractivity contribution in [2.45, 2.75) is 18.9 Å². The fraction of sp³-hybridized carbons (Fsp3) is 0.273. The van der Waals surface area contributed by atoms with Gasteiger partial charge >= 0.3 is 0 Å². The van der Waals surface area contributed by atoms with Crippen molar-refractivity contribution in [3.8, 4) is 6.07 Å². The van der Waals surface area contributed by atoms with Crippen LogP contribution in [-0.2, 0) is 9.59 Å². The lowest BCUT2D eigenvalue weighted by Crippen LogP contribution is -2.42. The molecule has 2 rings (SSSR count). The molecule has 17 heavy (non-hydrogen) atoms. The van der Waals surface area contributed by atoms with Crippen molar-refractivity contribution in [3.05, 3.63) is 23.9 Å². The maximum Gasteiger partial charge on any atom is 0.240 e. The van der Waals surface area contributed by atoms with Gasteiger partial charge in [-0.05, 0) is 18.6 Å². The van der Waals surface area contributed by atoms with Gasteiger partial charge in [-0.2, -0.15) is 5.26 Å². The Bertz CT molecular complexity index is 520. The molecule has 1 aromatic heterocycles. The van der Waals surface area contributed by atoms with Crippen molar-refractivity contribution in [1.82, 2.24) is 4.98 Å². The molecular weight excluding hydrogens is 220 g/mol. The number of aromatic nitrogens is 1. The largest absolute Gasteiger partial charge is 0.368 e. The first kappa shape index (κ1) is 11.1. The first-order valence-corrected chi connectivity index (χ1v) is 5.11. The molecule has 1 atom stereocenters. The number of carbonyl (C=O) groups excluding carboxylic acids is 2. The summed E-state index contributed by atoms with van der Waals surface area (Å²) in [6, 6.07) is 4.30. The summed E-state index contributed by atoms with van der Waals surface area (Å²) >= 11 is 0. The number of hydrogen-bond acceptors (Lipinski definition) is 4. The van der Waals surface area contributed by atoms with Gasteiger partial charge in [0.1, 0.15) is 11.9 Å². The molecule has 1 fully saturated rings. The van der Waals surface area contributed by atoms with E-state index in [1.54, 1.807) is 0 Å². The Morgan fingerprint density at radius 3 is 3.06 bits per heavy atom. The van der Waals surface area contributed by atoms with E-state index in [9.17, 15) is 9.59 Å². The smallest absolute Gasteiger partial charge is 0.240 e. The van der Waals surface area contributed by atoms with Crippen molar-refractivity contribution in [2.24, 2.45) is 5.73 Å². The van der Waals surface area contributed by atoms with E-state index in [0.29, 0.717) is 17.8 Å². The van der Waals surface area contributed by atoms with Gasteiger partial charge in [-0.25, -0.2) is 4.98 Å². The Morgan fingerprint density at radius 2 is 2.41 bits per heavy atom. The van der Waals surface area contributed by atoms with Crippen LogP contribution in [-0.4, -0.2) is 22.8 Å². The van der Waals surface area contributed by atoms with Gasteiger partial charge in [-0.3, -0.25) is 14.5 Å². The second-order valence-electron chi connectivity index (χ2n) is 3.74. The van der Waals surface area contributed by atoms with Gasteiger partial charge in [-0.15, -0.1) is 0 Å². The normalized spacial score (nSPS) is 19.1. The average molecular weight is 230 g/mol. The van der Waals surface area contributed by atoms with Gasteiger partial charge in [0.15, 0.2) is 0 Å². The third kappa shape index (κ3) is 1.95. The standard InChI is InChI=1S/C11H10N4O2/c12-6-7-3-4-14-9(5-7)15-8(11(13)17)1-2-10(15)16/h3-5,8H,1-2H2,(H2,13,17). The molecule has 6 nitrogen and oxygen atoms in total. The minimum Gasteiger partial charge on any atom is -0.368 e. The molecule has 2 N–H and O–H groups in total. The van der Waals surface area contributed by atoms with E-state index in [1.165, 1.54) is 23.2 Å². The zero-order chi connectivity index (χ0) is 12.4.